The Balaban J connectivity index is 2.55. The number of ether oxygens (including phenoxy) is 2. The van der Waals surface area contributed by atoms with Crippen molar-refractivity contribution >= 4 is 22.6 Å². The number of hydrogen-bond donors (Lipinski definition) is 1. The molecule has 1 aromatic heterocycles. The molecular formula is C14H14F2N2O3. The Bertz CT molecular complexity index is 662. The fraction of sp³-hybridized carbons (Fsp3) is 0.286. The molecule has 0 radical (unpaired) electrons. The Labute approximate surface area is 119 Å². The highest BCUT2D eigenvalue weighted by Crippen LogP contribution is 2.30. The van der Waals surface area contributed by atoms with Crippen molar-refractivity contribution in [3.05, 3.63) is 30.0 Å². The molecule has 112 valence electrons. The number of pyridine rings is 1. The van der Waals surface area contributed by atoms with Crippen molar-refractivity contribution in [3.63, 3.8) is 0 Å². The van der Waals surface area contributed by atoms with Gasteiger partial charge in [0.2, 0.25) is 0 Å². The average Bonchev–Trinajstić information content (AvgIpc) is 2.45. The Morgan fingerprint density at radius 3 is 2.81 bits per heavy atom. The van der Waals surface area contributed by atoms with E-state index in [0.717, 1.165) is 0 Å². The van der Waals surface area contributed by atoms with E-state index in [-0.39, 0.29) is 17.9 Å². The van der Waals surface area contributed by atoms with Crippen LogP contribution in [0.2, 0.25) is 0 Å². The second kappa shape index (κ2) is 6.34. The van der Waals surface area contributed by atoms with Gasteiger partial charge in [0.05, 0.1) is 17.8 Å². The van der Waals surface area contributed by atoms with Crippen molar-refractivity contribution < 1.29 is 23.0 Å². The van der Waals surface area contributed by atoms with Crippen molar-refractivity contribution in [1.29, 1.82) is 0 Å². The Kier molecular flexibility index (Phi) is 4.52. The molecule has 1 heterocycles. The predicted molar refractivity (Wildman–Crippen MR) is 73.9 cm³/mol. The summed E-state index contributed by atoms with van der Waals surface area (Å²) in [6, 6.07) is 4.34. The van der Waals surface area contributed by atoms with Crippen LogP contribution in [-0.4, -0.2) is 31.2 Å². The quantitative estimate of drug-likeness (QED) is 0.859. The summed E-state index contributed by atoms with van der Waals surface area (Å²) in [7, 11) is 1.62. The molecule has 2 aromatic rings. The maximum atomic E-state index is 12.3. The Hall–Kier alpha value is -2.44. The van der Waals surface area contributed by atoms with E-state index < -0.39 is 12.6 Å². The van der Waals surface area contributed by atoms with Gasteiger partial charge in [-0.1, -0.05) is 0 Å². The van der Waals surface area contributed by atoms with Gasteiger partial charge >= 0.3 is 12.6 Å². The molecule has 0 atom stereocenters. The number of nitrogens with one attached hydrogen (secondary N) is 1. The van der Waals surface area contributed by atoms with Crippen LogP contribution in [0.25, 0.3) is 10.9 Å². The Morgan fingerprint density at radius 1 is 1.43 bits per heavy atom. The van der Waals surface area contributed by atoms with Crippen molar-refractivity contribution in [3.8, 4) is 5.75 Å². The van der Waals surface area contributed by atoms with Crippen LogP contribution >= 0.6 is 0 Å². The SMILES string of the molecule is CCOC(=O)c1cnc2ccc(OC(F)F)cc2c1NC. The molecule has 21 heavy (non-hydrogen) atoms. The number of aromatic nitrogens is 1. The van der Waals surface area contributed by atoms with Gasteiger partial charge in [0.15, 0.2) is 0 Å². The van der Waals surface area contributed by atoms with Crippen LogP contribution in [-0.2, 0) is 4.74 Å². The van der Waals surface area contributed by atoms with Crippen LogP contribution < -0.4 is 10.1 Å². The summed E-state index contributed by atoms with van der Waals surface area (Å²) < 4.78 is 33.9. The third kappa shape index (κ3) is 3.18. The lowest BCUT2D eigenvalue weighted by Gasteiger charge is -2.12. The first-order valence-corrected chi connectivity index (χ1v) is 6.29. The number of carbonyl (C=O) groups excluding carboxylic acids is 1. The monoisotopic (exact) mass is 296 g/mol. The predicted octanol–water partition coefficient (Wildman–Crippen LogP) is 3.05. The normalized spacial score (nSPS) is 10.7. The van der Waals surface area contributed by atoms with E-state index in [1.54, 1.807) is 20.0 Å². The van der Waals surface area contributed by atoms with Crippen LogP contribution in [0.15, 0.2) is 24.4 Å². The van der Waals surface area contributed by atoms with E-state index in [2.05, 4.69) is 15.0 Å². The minimum Gasteiger partial charge on any atom is -0.462 e. The van der Waals surface area contributed by atoms with Gasteiger partial charge in [-0.25, -0.2) is 4.79 Å². The van der Waals surface area contributed by atoms with Gasteiger partial charge in [0, 0.05) is 18.6 Å². The topological polar surface area (TPSA) is 60.5 Å². The molecule has 0 fully saturated rings. The van der Waals surface area contributed by atoms with Crippen molar-refractivity contribution in [2.24, 2.45) is 0 Å². The molecule has 0 aliphatic heterocycles. The van der Waals surface area contributed by atoms with Gasteiger partial charge in [0.25, 0.3) is 0 Å². The molecule has 7 heteroatoms. The summed E-state index contributed by atoms with van der Waals surface area (Å²) in [5, 5.41) is 3.38. The van der Waals surface area contributed by atoms with E-state index in [0.29, 0.717) is 16.6 Å². The zero-order valence-electron chi connectivity index (χ0n) is 11.5. The number of anilines is 1. The molecule has 0 saturated carbocycles. The zero-order valence-corrected chi connectivity index (χ0v) is 11.5. The molecule has 0 spiro atoms. The summed E-state index contributed by atoms with van der Waals surface area (Å²) in [4.78, 5) is 16.0. The summed E-state index contributed by atoms with van der Waals surface area (Å²) in [6.45, 7) is -0.990. The van der Waals surface area contributed by atoms with Crippen molar-refractivity contribution in [2.45, 2.75) is 13.5 Å². The fourth-order valence-electron chi connectivity index (χ4n) is 1.98. The number of rotatable bonds is 5. The number of esters is 1. The molecule has 0 aliphatic carbocycles. The first kappa shape index (κ1) is 15.0. The molecule has 0 bridgehead atoms. The summed E-state index contributed by atoms with van der Waals surface area (Å²) in [6.07, 6.45) is 1.39. The number of carbonyl (C=O) groups is 1. The third-order valence-electron chi connectivity index (χ3n) is 2.81. The molecule has 0 aliphatic rings. The van der Waals surface area contributed by atoms with E-state index >= 15 is 0 Å². The van der Waals surface area contributed by atoms with Gasteiger partial charge in [-0.2, -0.15) is 8.78 Å². The molecule has 1 aromatic carbocycles. The highest BCUT2D eigenvalue weighted by atomic mass is 19.3. The summed E-state index contributed by atoms with van der Waals surface area (Å²) in [5.41, 5.74) is 1.24. The lowest BCUT2D eigenvalue weighted by atomic mass is 10.1. The smallest absolute Gasteiger partial charge is 0.387 e. The number of benzene rings is 1. The molecule has 1 N–H and O–H groups in total. The van der Waals surface area contributed by atoms with Gasteiger partial charge in [-0.05, 0) is 25.1 Å². The number of nitrogens with zero attached hydrogens (tertiary/aromatic N) is 1. The van der Waals surface area contributed by atoms with Gasteiger partial charge in [-0.3, -0.25) is 4.98 Å². The second-order valence-electron chi connectivity index (χ2n) is 4.07. The van der Waals surface area contributed by atoms with Crippen molar-refractivity contribution in [1.82, 2.24) is 4.98 Å². The van der Waals surface area contributed by atoms with Crippen LogP contribution in [0.4, 0.5) is 14.5 Å². The average molecular weight is 296 g/mol. The third-order valence-corrected chi connectivity index (χ3v) is 2.81. The van der Waals surface area contributed by atoms with E-state index in [1.807, 2.05) is 0 Å². The maximum Gasteiger partial charge on any atom is 0.387 e. The molecule has 0 unspecified atom stereocenters. The first-order valence-electron chi connectivity index (χ1n) is 6.29. The number of hydrogen-bond acceptors (Lipinski definition) is 5. The molecule has 0 amide bonds. The maximum absolute atomic E-state index is 12.3. The van der Waals surface area contributed by atoms with Gasteiger partial charge in [-0.15, -0.1) is 0 Å². The van der Waals surface area contributed by atoms with Crippen LogP contribution in [0, 0.1) is 0 Å². The summed E-state index contributed by atoms with van der Waals surface area (Å²) in [5.74, 6) is -0.534. The minimum atomic E-state index is -2.92. The number of halogens is 2. The first-order chi connectivity index (χ1) is 10.1. The van der Waals surface area contributed by atoms with E-state index in [4.69, 9.17) is 4.74 Å². The van der Waals surface area contributed by atoms with Crippen LogP contribution in [0.5, 0.6) is 5.75 Å². The van der Waals surface area contributed by atoms with Gasteiger partial charge in [0.1, 0.15) is 11.3 Å². The van der Waals surface area contributed by atoms with E-state index in [1.165, 1.54) is 18.3 Å². The zero-order chi connectivity index (χ0) is 15.4. The fourth-order valence-corrected chi connectivity index (χ4v) is 1.98. The molecular weight excluding hydrogens is 282 g/mol. The second-order valence-corrected chi connectivity index (χ2v) is 4.07. The van der Waals surface area contributed by atoms with Crippen LogP contribution in [0.1, 0.15) is 17.3 Å². The Morgan fingerprint density at radius 2 is 2.19 bits per heavy atom. The largest absolute Gasteiger partial charge is 0.462 e. The minimum absolute atomic E-state index is 0.00295. The molecule has 2 rings (SSSR count). The molecule has 5 nitrogen and oxygen atoms in total. The highest BCUT2D eigenvalue weighted by molar-refractivity contribution is 6.05. The summed E-state index contributed by atoms with van der Waals surface area (Å²) >= 11 is 0. The molecule has 0 saturated heterocycles. The highest BCUT2D eigenvalue weighted by Gasteiger charge is 2.16. The lowest BCUT2D eigenvalue weighted by Crippen LogP contribution is -2.09. The lowest BCUT2D eigenvalue weighted by molar-refractivity contribution is -0.0497. The number of alkyl halides is 2. The van der Waals surface area contributed by atoms with Gasteiger partial charge < -0.3 is 14.8 Å². The van der Waals surface area contributed by atoms with Crippen LogP contribution in [0.3, 0.4) is 0 Å². The van der Waals surface area contributed by atoms with Crippen molar-refractivity contribution in [2.75, 3.05) is 19.0 Å². The standard InChI is InChI=1S/C14H14F2N2O3/c1-3-20-13(19)10-7-18-11-5-4-8(21-14(15)16)6-9(11)12(10)17-2/h4-7,14H,3H2,1-2H3,(H,17,18). The van der Waals surface area contributed by atoms with E-state index in [9.17, 15) is 13.6 Å². The number of fused-ring (bicyclic) bond motifs is 1.